The van der Waals surface area contributed by atoms with Crippen LogP contribution in [0.15, 0.2) is 53.3 Å². The molecule has 0 bridgehead atoms. The van der Waals surface area contributed by atoms with Gasteiger partial charge in [0.25, 0.3) is 5.56 Å². The SMILES string of the molecule is Cc1[nH]n(-c2ccccc2)c(=O)c1-c1nc2ccc(Cl)cc2[nH]1. The van der Waals surface area contributed by atoms with Crippen LogP contribution in [0.5, 0.6) is 0 Å². The maximum absolute atomic E-state index is 12.8. The Bertz CT molecular complexity index is 1060. The number of hydrogen-bond acceptors (Lipinski definition) is 2. The van der Waals surface area contributed by atoms with Crippen LogP contribution >= 0.6 is 11.6 Å². The highest BCUT2D eigenvalue weighted by atomic mass is 35.5. The van der Waals surface area contributed by atoms with E-state index in [4.69, 9.17) is 11.6 Å². The van der Waals surface area contributed by atoms with Crippen LogP contribution in [-0.4, -0.2) is 19.7 Å². The number of para-hydroxylation sites is 1. The molecule has 2 aromatic carbocycles. The summed E-state index contributed by atoms with van der Waals surface area (Å²) in [4.78, 5) is 20.5. The summed E-state index contributed by atoms with van der Waals surface area (Å²) in [5.41, 5.74) is 3.50. The van der Waals surface area contributed by atoms with Gasteiger partial charge in [-0.25, -0.2) is 9.67 Å². The molecule has 0 aliphatic rings. The molecule has 114 valence electrons. The van der Waals surface area contributed by atoms with Gasteiger partial charge in [-0.2, -0.15) is 0 Å². The van der Waals surface area contributed by atoms with Crippen LogP contribution in [0, 0.1) is 6.92 Å². The average molecular weight is 325 g/mol. The monoisotopic (exact) mass is 324 g/mol. The third kappa shape index (κ3) is 2.26. The lowest BCUT2D eigenvalue weighted by atomic mass is 10.2. The molecule has 0 atom stereocenters. The van der Waals surface area contributed by atoms with Gasteiger partial charge in [0.1, 0.15) is 11.4 Å². The Balaban J connectivity index is 1.91. The number of benzene rings is 2. The normalized spacial score (nSPS) is 11.2. The molecule has 6 heteroatoms. The molecule has 0 spiro atoms. The first kappa shape index (κ1) is 13.8. The summed E-state index contributed by atoms with van der Waals surface area (Å²) in [6.45, 7) is 1.86. The van der Waals surface area contributed by atoms with Crippen molar-refractivity contribution in [2.45, 2.75) is 6.92 Å². The summed E-state index contributed by atoms with van der Waals surface area (Å²) in [5.74, 6) is 0.538. The zero-order chi connectivity index (χ0) is 16.0. The molecule has 0 fully saturated rings. The van der Waals surface area contributed by atoms with E-state index in [0.717, 1.165) is 22.4 Å². The molecule has 0 unspecified atom stereocenters. The summed E-state index contributed by atoms with van der Waals surface area (Å²) in [6, 6.07) is 14.8. The molecule has 2 aromatic heterocycles. The highest BCUT2D eigenvalue weighted by molar-refractivity contribution is 6.31. The summed E-state index contributed by atoms with van der Waals surface area (Å²) in [5, 5.41) is 3.73. The molecular weight excluding hydrogens is 312 g/mol. The van der Waals surface area contributed by atoms with Gasteiger partial charge in [-0.3, -0.25) is 9.89 Å². The van der Waals surface area contributed by atoms with Gasteiger partial charge >= 0.3 is 0 Å². The molecule has 0 saturated heterocycles. The van der Waals surface area contributed by atoms with E-state index in [-0.39, 0.29) is 5.56 Å². The minimum Gasteiger partial charge on any atom is -0.338 e. The van der Waals surface area contributed by atoms with E-state index in [0.29, 0.717) is 16.4 Å². The van der Waals surface area contributed by atoms with Crippen LogP contribution in [0.25, 0.3) is 28.1 Å². The minimum absolute atomic E-state index is 0.140. The van der Waals surface area contributed by atoms with Crippen molar-refractivity contribution in [3.05, 3.63) is 69.6 Å². The van der Waals surface area contributed by atoms with Crippen molar-refractivity contribution in [1.29, 1.82) is 0 Å². The third-order valence-electron chi connectivity index (χ3n) is 3.77. The molecule has 0 saturated carbocycles. The van der Waals surface area contributed by atoms with Gasteiger partial charge in [0, 0.05) is 10.7 Å². The van der Waals surface area contributed by atoms with E-state index in [1.807, 2.05) is 43.3 Å². The van der Waals surface area contributed by atoms with Crippen LogP contribution in [0.1, 0.15) is 5.69 Å². The largest absolute Gasteiger partial charge is 0.338 e. The molecule has 2 N–H and O–H groups in total. The average Bonchev–Trinajstić information content (AvgIpc) is 3.08. The first-order chi connectivity index (χ1) is 11.1. The smallest absolute Gasteiger partial charge is 0.282 e. The summed E-state index contributed by atoms with van der Waals surface area (Å²) < 4.78 is 1.52. The lowest BCUT2D eigenvalue weighted by Crippen LogP contribution is -2.15. The number of nitrogens with zero attached hydrogens (tertiary/aromatic N) is 2. The topological polar surface area (TPSA) is 66.5 Å². The van der Waals surface area contributed by atoms with Crippen molar-refractivity contribution in [1.82, 2.24) is 19.7 Å². The number of rotatable bonds is 2. The van der Waals surface area contributed by atoms with Gasteiger partial charge in [-0.15, -0.1) is 0 Å². The first-order valence-electron chi connectivity index (χ1n) is 7.16. The van der Waals surface area contributed by atoms with Crippen LogP contribution < -0.4 is 5.56 Å². The maximum atomic E-state index is 12.8. The van der Waals surface area contributed by atoms with Gasteiger partial charge in [-0.1, -0.05) is 29.8 Å². The van der Waals surface area contributed by atoms with Crippen molar-refractivity contribution >= 4 is 22.6 Å². The lowest BCUT2D eigenvalue weighted by molar-refractivity contribution is 0.835. The first-order valence-corrected chi connectivity index (χ1v) is 7.54. The van der Waals surface area contributed by atoms with E-state index < -0.39 is 0 Å². The van der Waals surface area contributed by atoms with Crippen LogP contribution in [0.2, 0.25) is 5.02 Å². The van der Waals surface area contributed by atoms with Crippen LogP contribution in [-0.2, 0) is 0 Å². The quantitative estimate of drug-likeness (QED) is 0.591. The van der Waals surface area contributed by atoms with E-state index in [2.05, 4.69) is 15.1 Å². The fourth-order valence-electron chi connectivity index (χ4n) is 2.68. The molecule has 0 aliphatic heterocycles. The number of aromatic nitrogens is 4. The van der Waals surface area contributed by atoms with E-state index in [1.54, 1.807) is 12.1 Å². The van der Waals surface area contributed by atoms with Crippen molar-refractivity contribution in [2.75, 3.05) is 0 Å². The number of nitrogens with one attached hydrogen (secondary N) is 2. The molecule has 0 amide bonds. The van der Waals surface area contributed by atoms with Gasteiger partial charge in [0.05, 0.1) is 16.7 Å². The van der Waals surface area contributed by atoms with E-state index >= 15 is 0 Å². The van der Waals surface area contributed by atoms with Gasteiger partial charge in [-0.05, 0) is 37.3 Å². The van der Waals surface area contributed by atoms with Crippen molar-refractivity contribution in [3.8, 4) is 17.1 Å². The zero-order valence-corrected chi connectivity index (χ0v) is 13.1. The number of halogens is 1. The van der Waals surface area contributed by atoms with Gasteiger partial charge in [0.2, 0.25) is 0 Å². The van der Waals surface area contributed by atoms with Gasteiger partial charge in [0.15, 0.2) is 0 Å². The standard InChI is InChI=1S/C17H13ClN4O/c1-10-15(16-19-13-8-7-11(18)9-14(13)20-16)17(23)22(21-10)12-5-3-2-4-6-12/h2-9,21H,1H3,(H,19,20). The Hall–Kier alpha value is -2.79. The Morgan fingerprint density at radius 2 is 1.91 bits per heavy atom. The third-order valence-corrected chi connectivity index (χ3v) is 4.00. The highest BCUT2D eigenvalue weighted by Crippen LogP contribution is 2.23. The molecule has 0 aliphatic carbocycles. The number of aryl methyl sites for hydroxylation is 1. The van der Waals surface area contributed by atoms with Crippen molar-refractivity contribution in [3.63, 3.8) is 0 Å². The molecule has 4 rings (SSSR count). The van der Waals surface area contributed by atoms with Crippen molar-refractivity contribution in [2.24, 2.45) is 0 Å². The number of aromatic amines is 2. The van der Waals surface area contributed by atoms with Crippen LogP contribution in [0.4, 0.5) is 0 Å². The summed E-state index contributed by atoms with van der Waals surface area (Å²) in [6.07, 6.45) is 0. The van der Waals surface area contributed by atoms with Gasteiger partial charge < -0.3 is 4.98 Å². The molecular formula is C17H13ClN4O. The van der Waals surface area contributed by atoms with Crippen LogP contribution in [0.3, 0.4) is 0 Å². The Morgan fingerprint density at radius 1 is 1.13 bits per heavy atom. The number of imidazole rings is 1. The summed E-state index contributed by atoms with van der Waals surface area (Å²) in [7, 11) is 0. The molecule has 4 aromatic rings. The predicted molar refractivity (Wildman–Crippen MR) is 91.2 cm³/mol. The highest BCUT2D eigenvalue weighted by Gasteiger charge is 2.17. The van der Waals surface area contributed by atoms with E-state index in [9.17, 15) is 4.79 Å². The number of hydrogen-bond donors (Lipinski definition) is 2. The molecule has 5 nitrogen and oxygen atoms in total. The second-order valence-electron chi connectivity index (χ2n) is 5.33. The number of fused-ring (bicyclic) bond motifs is 1. The molecule has 0 radical (unpaired) electrons. The zero-order valence-electron chi connectivity index (χ0n) is 12.3. The lowest BCUT2D eigenvalue weighted by Gasteiger charge is -1.99. The Morgan fingerprint density at radius 3 is 2.70 bits per heavy atom. The Kier molecular flexibility index (Phi) is 3.09. The van der Waals surface area contributed by atoms with Crippen molar-refractivity contribution < 1.29 is 0 Å². The minimum atomic E-state index is -0.140. The number of H-pyrrole nitrogens is 2. The maximum Gasteiger partial charge on any atom is 0.282 e. The fraction of sp³-hybridized carbons (Fsp3) is 0.0588. The Labute approximate surface area is 136 Å². The molecule has 2 heterocycles. The second kappa shape index (κ2) is 5.14. The summed E-state index contributed by atoms with van der Waals surface area (Å²) >= 11 is 6.00. The fourth-order valence-corrected chi connectivity index (χ4v) is 2.86. The second-order valence-corrected chi connectivity index (χ2v) is 5.77. The predicted octanol–water partition coefficient (Wildman–Crippen LogP) is 3.67. The molecule has 23 heavy (non-hydrogen) atoms. The van der Waals surface area contributed by atoms with E-state index in [1.165, 1.54) is 4.68 Å².